The van der Waals surface area contributed by atoms with E-state index in [1.54, 1.807) is 51.1 Å². The highest BCUT2D eigenvalue weighted by atomic mass is 19.3. The number of morpholine rings is 1. The Morgan fingerprint density at radius 2 is 1.71 bits per heavy atom. The van der Waals surface area contributed by atoms with Crippen LogP contribution in [-0.2, 0) is 9.53 Å². The smallest absolute Gasteiger partial charge is 0.408 e. The van der Waals surface area contributed by atoms with Crippen LogP contribution in [0.3, 0.4) is 0 Å². The van der Waals surface area contributed by atoms with Crippen LogP contribution in [0.4, 0.5) is 19.4 Å². The standard InChI is InChI=1S/C32H40F2N6O5/c1-32(2,3)40(31(42)43)25-12-13-38(30(25)41)20-8-10-21(11-9-20)45-22-18-26(37-14-16-44-17-15-37)36-27(19-22)39-24-7-5-4-6-23(24)35-29(39)28(33)34/h4-7,18-21,25,28H,8-17H2,1-3H3,(H,42,43)/t20?,21?,25-/m0/s1. The summed E-state index contributed by atoms with van der Waals surface area (Å²) in [6.45, 7) is 8.26. The van der Waals surface area contributed by atoms with Crippen molar-refractivity contribution < 1.29 is 33.0 Å². The average molecular weight is 627 g/mol. The van der Waals surface area contributed by atoms with Crippen molar-refractivity contribution in [3.63, 3.8) is 0 Å². The third kappa shape index (κ3) is 6.27. The Balaban J connectivity index is 1.21. The maximum absolute atomic E-state index is 14.2. The predicted molar refractivity (Wildman–Crippen MR) is 163 cm³/mol. The minimum atomic E-state index is -2.80. The van der Waals surface area contributed by atoms with Gasteiger partial charge in [-0.05, 0) is 65.0 Å². The number of amides is 2. The van der Waals surface area contributed by atoms with Gasteiger partial charge in [-0.15, -0.1) is 0 Å². The quantitative estimate of drug-likeness (QED) is 0.378. The van der Waals surface area contributed by atoms with Gasteiger partial charge in [0.15, 0.2) is 5.82 Å². The summed E-state index contributed by atoms with van der Waals surface area (Å²) in [6.07, 6.45) is -0.705. The number of imidazole rings is 1. The SMILES string of the molecule is CC(C)(C)N(C(=O)O)[C@H]1CCN(C2CCC(Oc3cc(N4CCOCC4)nc(-n4c(C(F)F)nc5ccccc54)c3)CC2)C1=O. The van der Waals surface area contributed by atoms with E-state index in [0.717, 1.165) is 12.8 Å². The molecule has 2 aromatic heterocycles. The first kappa shape index (κ1) is 31.0. The fourth-order valence-electron chi connectivity index (χ4n) is 6.89. The van der Waals surface area contributed by atoms with E-state index in [4.69, 9.17) is 14.5 Å². The van der Waals surface area contributed by atoms with E-state index in [2.05, 4.69) is 9.88 Å². The fraction of sp³-hybridized carbons (Fsp3) is 0.562. The number of ether oxygens (including phenoxy) is 2. The van der Waals surface area contributed by atoms with E-state index < -0.39 is 24.1 Å². The Kier molecular flexibility index (Phi) is 8.55. The van der Waals surface area contributed by atoms with Crippen molar-refractivity contribution in [1.29, 1.82) is 0 Å². The van der Waals surface area contributed by atoms with Crippen LogP contribution in [0.1, 0.15) is 65.1 Å². The molecule has 11 nitrogen and oxygen atoms in total. The Bertz CT molecular complexity index is 1540. The largest absolute Gasteiger partial charge is 0.490 e. The number of likely N-dealkylation sites (tertiary alicyclic amines) is 1. The van der Waals surface area contributed by atoms with Gasteiger partial charge in [0.1, 0.15) is 23.4 Å². The van der Waals surface area contributed by atoms with Crippen molar-refractivity contribution in [2.24, 2.45) is 0 Å². The molecule has 6 rings (SSSR count). The first-order chi connectivity index (χ1) is 21.5. The van der Waals surface area contributed by atoms with E-state index in [1.807, 2.05) is 11.0 Å². The zero-order valence-electron chi connectivity index (χ0n) is 25.9. The molecule has 0 bridgehead atoms. The number of carbonyl (C=O) groups excluding carboxylic acids is 1. The summed E-state index contributed by atoms with van der Waals surface area (Å²) in [5.41, 5.74) is 0.309. The van der Waals surface area contributed by atoms with Gasteiger partial charge in [-0.1, -0.05) is 12.1 Å². The average Bonchev–Trinajstić information content (AvgIpc) is 3.58. The molecule has 45 heavy (non-hydrogen) atoms. The lowest BCUT2D eigenvalue weighted by atomic mass is 9.92. The number of halogens is 2. The zero-order chi connectivity index (χ0) is 31.9. The van der Waals surface area contributed by atoms with Gasteiger partial charge in [0.25, 0.3) is 6.43 Å². The number of carboxylic acid groups (broad SMARTS) is 1. The third-order valence-corrected chi connectivity index (χ3v) is 8.96. The molecule has 242 valence electrons. The number of rotatable bonds is 7. The summed E-state index contributed by atoms with van der Waals surface area (Å²) >= 11 is 0. The molecule has 2 amide bonds. The van der Waals surface area contributed by atoms with Crippen LogP contribution in [-0.4, -0.2) is 98.0 Å². The van der Waals surface area contributed by atoms with Crippen molar-refractivity contribution in [1.82, 2.24) is 24.3 Å². The third-order valence-electron chi connectivity index (χ3n) is 8.96. The predicted octanol–water partition coefficient (Wildman–Crippen LogP) is 5.26. The molecule has 0 radical (unpaired) electrons. The van der Waals surface area contributed by atoms with Crippen molar-refractivity contribution >= 4 is 28.9 Å². The van der Waals surface area contributed by atoms with Gasteiger partial charge in [0, 0.05) is 43.3 Å². The lowest BCUT2D eigenvalue weighted by Gasteiger charge is -2.38. The highest BCUT2D eigenvalue weighted by molar-refractivity contribution is 5.87. The molecule has 4 heterocycles. The molecule has 13 heteroatoms. The number of fused-ring (bicyclic) bond motifs is 1. The molecule has 1 N–H and O–H groups in total. The van der Waals surface area contributed by atoms with Crippen LogP contribution in [0, 0.1) is 0 Å². The molecule has 2 saturated heterocycles. The summed E-state index contributed by atoms with van der Waals surface area (Å²) in [6, 6.07) is 9.88. The van der Waals surface area contributed by atoms with E-state index in [1.165, 1.54) is 9.47 Å². The highest BCUT2D eigenvalue weighted by Gasteiger charge is 2.45. The first-order valence-electron chi connectivity index (χ1n) is 15.6. The molecule has 0 unspecified atom stereocenters. The van der Waals surface area contributed by atoms with Gasteiger partial charge in [-0.25, -0.2) is 23.5 Å². The van der Waals surface area contributed by atoms with Gasteiger partial charge in [0.2, 0.25) is 5.91 Å². The summed E-state index contributed by atoms with van der Waals surface area (Å²) in [7, 11) is 0. The highest BCUT2D eigenvalue weighted by Crippen LogP contribution is 2.35. The minimum Gasteiger partial charge on any atom is -0.490 e. The lowest BCUT2D eigenvalue weighted by molar-refractivity contribution is -0.135. The number of anilines is 1. The summed E-state index contributed by atoms with van der Waals surface area (Å²) < 4.78 is 41.8. The van der Waals surface area contributed by atoms with Crippen molar-refractivity contribution in [3.05, 3.63) is 42.2 Å². The number of nitrogens with zero attached hydrogens (tertiary/aromatic N) is 6. The maximum Gasteiger partial charge on any atom is 0.408 e. The fourth-order valence-corrected chi connectivity index (χ4v) is 6.89. The van der Waals surface area contributed by atoms with Crippen molar-refractivity contribution in [2.75, 3.05) is 37.7 Å². The first-order valence-corrected chi connectivity index (χ1v) is 15.6. The topological polar surface area (TPSA) is 113 Å². The summed E-state index contributed by atoms with van der Waals surface area (Å²) in [4.78, 5) is 39.6. The molecule has 1 aliphatic carbocycles. The minimum absolute atomic E-state index is 0.0146. The Morgan fingerprint density at radius 1 is 1.02 bits per heavy atom. The molecule has 3 fully saturated rings. The van der Waals surface area contributed by atoms with E-state index in [9.17, 15) is 23.5 Å². The van der Waals surface area contributed by atoms with Crippen molar-refractivity contribution in [2.45, 2.75) is 83.0 Å². The Labute approximate surface area is 260 Å². The number of hydrogen-bond acceptors (Lipinski definition) is 7. The molecule has 3 aromatic rings. The molecule has 2 aliphatic heterocycles. The molecule has 0 spiro atoms. The van der Waals surface area contributed by atoms with Crippen LogP contribution in [0.2, 0.25) is 0 Å². The van der Waals surface area contributed by atoms with Gasteiger partial charge in [-0.2, -0.15) is 0 Å². The Hall–Kier alpha value is -4.00. The number of alkyl halides is 2. The zero-order valence-corrected chi connectivity index (χ0v) is 25.9. The number of hydrogen-bond donors (Lipinski definition) is 1. The van der Waals surface area contributed by atoms with Crippen LogP contribution in [0.25, 0.3) is 16.9 Å². The summed E-state index contributed by atoms with van der Waals surface area (Å²) in [5, 5.41) is 9.82. The van der Waals surface area contributed by atoms with Gasteiger partial charge >= 0.3 is 6.09 Å². The molecule has 1 saturated carbocycles. The van der Waals surface area contributed by atoms with Crippen LogP contribution < -0.4 is 9.64 Å². The monoisotopic (exact) mass is 626 g/mol. The van der Waals surface area contributed by atoms with Crippen LogP contribution in [0.5, 0.6) is 5.75 Å². The van der Waals surface area contributed by atoms with Gasteiger partial charge in [0.05, 0.1) is 30.4 Å². The van der Waals surface area contributed by atoms with E-state index in [-0.39, 0.29) is 23.9 Å². The second-order valence-electron chi connectivity index (χ2n) is 12.9. The second kappa shape index (κ2) is 12.4. The maximum atomic E-state index is 14.2. The number of carbonyl (C=O) groups is 2. The van der Waals surface area contributed by atoms with E-state index >= 15 is 0 Å². The van der Waals surface area contributed by atoms with Gasteiger partial charge in [-0.3, -0.25) is 14.3 Å². The second-order valence-corrected chi connectivity index (χ2v) is 12.9. The normalized spacial score (nSPS) is 22.8. The van der Waals surface area contributed by atoms with Gasteiger partial charge < -0.3 is 24.4 Å². The number of aromatic nitrogens is 3. The molecular formula is C32H40F2N6O5. The molecular weight excluding hydrogens is 586 g/mol. The lowest BCUT2D eigenvalue weighted by Crippen LogP contribution is -2.54. The molecule has 1 aromatic carbocycles. The number of pyridine rings is 1. The van der Waals surface area contributed by atoms with Crippen molar-refractivity contribution in [3.8, 4) is 11.6 Å². The van der Waals surface area contributed by atoms with Crippen LogP contribution in [0.15, 0.2) is 36.4 Å². The molecule has 3 aliphatic rings. The summed E-state index contributed by atoms with van der Waals surface area (Å²) in [5.74, 6) is 0.946. The van der Waals surface area contributed by atoms with Crippen LogP contribution >= 0.6 is 0 Å². The number of para-hydroxylation sites is 2. The Morgan fingerprint density at radius 3 is 2.38 bits per heavy atom. The molecule has 1 atom stereocenters. The van der Waals surface area contributed by atoms with E-state index in [0.29, 0.717) is 80.5 Å². The number of benzene rings is 1.